The molecule has 0 bridgehead atoms. The summed E-state index contributed by atoms with van der Waals surface area (Å²) in [5.41, 5.74) is 5.54. The number of carbonyl (C=O) groups is 2. The van der Waals surface area contributed by atoms with Crippen LogP contribution < -0.4 is 10.6 Å². The maximum absolute atomic E-state index is 13.1. The zero-order valence-corrected chi connectivity index (χ0v) is 22.3. The Morgan fingerprint density at radius 2 is 1.98 bits per heavy atom. The summed E-state index contributed by atoms with van der Waals surface area (Å²) in [7, 11) is 1.86. The van der Waals surface area contributed by atoms with Crippen molar-refractivity contribution < 1.29 is 9.59 Å². The molecule has 0 unspecified atom stereocenters. The molecule has 1 atom stereocenters. The summed E-state index contributed by atoms with van der Waals surface area (Å²) in [5.74, 6) is -0.459. The molecule has 202 valence electrons. The molecular formula is C29H29N9O2. The monoisotopic (exact) mass is 535 g/mol. The number of amides is 2. The van der Waals surface area contributed by atoms with Gasteiger partial charge in [0.25, 0.3) is 5.91 Å². The second-order valence-corrected chi connectivity index (χ2v) is 9.99. The van der Waals surface area contributed by atoms with Crippen molar-refractivity contribution in [1.82, 2.24) is 34.6 Å². The van der Waals surface area contributed by atoms with Gasteiger partial charge in [-0.25, -0.2) is 4.98 Å². The van der Waals surface area contributed by atoms with Crippen molar-refractivity contribution in [1.29, 1.82) is 0 Å². The topological polar surface area (TPSA) is 134 Å². The van der Waals surface area contributed by atoms with E-state index in [0.717, 1.165) is 41.7 Å². The number of aromatic nitrogens is 6. The Morgan fingerprint density at radius 3 is 2.77 bits per heavy atom. The quantitative estimate of drug-likeness (QED) is 0.286. The summed E-state index contributed by atoms with van der Waals surface area (Å²) >= 11 is 0. The van der Waals surface area contributed by atoms with Crippen LogP contribution in [-0.2, 0) is 11.8 Å². The Kier molecular flexibility index (Phi) is 6.79. The molecule has 0 aromatic carbocycles. The minimum Gasteiger partial charge on any atom is -0.339 e. The second kappa shape index (κ2) is 10.7. The van der Waals surface area contributed by atoms with Crippen molar-refractivity contribution in [3.8, 4) is 11.3 Å². The minimum absolute atomic E-state index is 0.129. The first kappa shape index (κ1) is 25.4. The van der Waals surface area contributed by atoms with E-state index in [1.807, 2.05) is 37.5 Å². The van der Waals surface area contributed by atoms with Gasteiger partial charge in [0, 0.05) is 36.6 Å². The highest BCUT2D eigenvalue weighted by atomic mass is 16.2. The molecule has 0 aliphatic carbocycles. The Hall–Kier alpha value is -4.90. The number of aryl methyl sites for hydroxylation is 2. The summed E-state index contributed by atoms with van der Waals surface area (Å²) in [6.07, 6.45) is 10.6. The Labute approximate surface area is 230 Å². The normalized spacial score (nSPS) is 15.4. The molecule has 11 heteroatoms. The lowest BCUT2D eigenvalue weighted by Gasteiger charge is -2.23. The number of pyridine rings is 3. The molecule has 40 heavy (non-hydrogen) atoms. The molecule has 6 heterocycles. The van der Waals surface area contributed by atoms with Gasteiger partial charge in [0.05, 0.1) is 59.0 Å². The maximum Gasteiger partial charge on any atom is 0.257 e. The van der Waals surface area contributed by atoms with E-state index in [1.165, 1.54) is 6.20 Å². The molecule has 5 aromatic heterocycles. The lowest BCUT2D eigenvalue weighted by molar-refractivity contribution is -0.117. The zero-order valence-electron chi connectivity index (χ0n) is 22.3. The lowest BCUT2D eigenvalue weighted by Crippen LogP contribution is -2.33. The number of nitrogens with zero attached hydrogens (tertiary/aromatic N) is 6. The van der Waals surface area contributed by atoms with Crippen LogP contribution in [0.3, 0.4) is 0 Å². The van der Waals surface area contributed by atoms with E-state index in [1.54, 1.807) is 42.3 Å². The standard InChI is InChI=1S/C29H29N9O2/c1-18-24(36-29(40)20-10-19-11-25(35-28(19)32-13-20)21-14-33-37(2)16-21)12-22(15-31-18)34-27(39)17-38-9-5-7-26(38)23-6-3-4-8-30-23/h3-4,6,8,10-16,26H,5,7,9,17H2,1-2H3,(H,32,35)(H,34,39)(H,36,40)/t26-/m1/s1. The Balaban J connectivity index is 1.13. The molecule has 1 aliphatic rings. The largest absolute Gasteiger partial charge is 0.339 e. The number of H-pyrrole nitrogens is 1. The fourth-order valence-corrected chi connectivity index (χ4v) is 5.09. The average molecular weight is 536 g/mol. The molecule has 5 aromatic rings. The van der Waals surface area contributed by atoms with Crippen LogP contribution in [0.2, 0.25) is 0 Å². The van der Waals surface area contributed by atoms with E-state index in [4.69, 9.17) is 0 Å². The number of likely N-dealkylation sites (tertiary alicyclic amines) is 1. The highest BCUT2D eigenvalue weighted by molar-refractivity contribution is 6.06. The molecule has 1 aliphatic heterocycles. The van der Waals surface area contributed by atoms with E-state index >= 15 is 0 Å². The van der Waals surface area contributed by atoms with E-state index in [0.29, 0.717) is 28.3 Å². The molecule has 11 nitrogen and oxygen atoms in total. The third-order valence-electron chi connectivity index (χ3n) is 7.11. The van der Waals surface area contributed by atoms with Gasteiger partial charge < -0.3 is 15.6 Å². The van der Waals surface area contributed by atoms with Crippen LogP contribution >= 0.6 is 0 Å². The minimum atomic E-state index is -0.317. The molecule has 0 radical (unpaired) electrons. The number of aromatic amines is 1. The smallest absolute Gasteiger partial charge is 0.257 e. The summed E-state index contributed by atoms with van der Waals surface area (Å²) < 4.78 is 1.73. The number of hydrogen-bond donors (Lipinski definition) is 3. The van der Waals surface area contributed by atoms with Crippen LogP contribution in [-0.4, -0.2) is 59.5 Å². The first-order valence-electron chi connectivity index (χ1n) is 13.1. The van der Waals surface area contributed by atoms with Gasteiger partial charge in [-0.3, -0.25) is 29.1 Å². The van der Waals surface area contributed by atoms with Gasteiger partial charge in [0.2, 0.25) is 5.91 Å². The van der Waals surface area contributed by atoms with Crippen molar-refractivity contribution in [2.24, 2.45) is 7.05 Å². The number of fused-ring (bicyclic) bond motifs is 1. The summed E-state index contributed by atoms with van der Waals surface area (Å²) in [5, 5.41) is 10.9. The van der Waals surface area contributed by atoms with Crippen LogP contribution in [0, 0.1) is 6.92 Å². The molecule has 6 rings (SSSR count). The van der Waals surface area contributed by atoms with E-state index in [2.05, 4.69) is 40.6 Å². The van der Waals surface area contributed by atoms with Crippen LogP contribution in [0.4, 0.5) is 11.4 Å². The van der Waals surface area contributed by atoms with Gasteiger partial charge in [0.15, 0.2) is 0 Å². The van der Waals surface area contributed by atoms with Crippen molar-refractivity contribution in [2.75, 3.05) is 23.7 Å². The Bertz CT molecular complexity index is 1690. The van der Waals surface area contributed by atoms with Gasteiger partial charge in [-0.1, -0.05) is 6.07 Å². The molecule has 1 saturated heterocycles. The van der Waals surface area contributed by atoms with Crippen LogP contribution in [0.25, 0.3) is 22.3 Å². The highest BCUT2D eigenvalue weighted by Crippen LogP contribution is 2.30. The van der Waals surface area contributed by atoms with Crippen molar-refractivity contribution in [3.05, 3.63) is 84.3 Å². The number of rotatable bonds is 7. The van der Waals surface area contributed by atoms with Gasteiger partial charge in [-0.05, 0) is 56.6 Å². The van der Waals surface area contributed by atoms with Crippen molar-refractivity contribution >= 4 is 34.2 Å². The third kappa shape index (κ3) is 5.32. The zero-order chi connectivity index (χ0) is 27.6. The molecule has 3 N–H and O–H groups in total. The van der Waals surface area contributed by atoms with Crippen molar-refractivity contribution in [3.63, 3.8) is 0 Å². The number of hydrogen-bond acceptors (Lipinski definition) is 7. The summed E-state index contributed by atoms with van der Waals surface area (Å²) in [4.78, 5) is 44.7. The second-order valence-electron chi connectivity index (χ2n) is 9.99. The van der Waals surface area contributed by atoms with Crippen LogP contribution in [0.5, 0.6) is 0 Å². The summed E-state index contributed by atoms with van der Waals surface area (Å²) in [6, 6.07) is 11.5. The maximum atomic E-state index is 13.1. The SMILES string of the molecule is Cc1ncc(NC(=O)CN2CCC[C@@H]2c2ccccn2)cc1NC(=O)c1cnc2[nH]c(-c3cnn(C)c3)cc2c1. The van der Waals surface area contributed by atoms with Crippen LogP contribution in [0.1, 0.15) is 40.6 Å². The molecule has 0 saturated carbocycles. The van der Waals surface area contributed by atoms with E-state index < -0.39 is 0 Å². The molecule has 0 spiro atoms. The van der Waals surface area contributed by atoms with Gasteiger partial charge >= 0.3 is 0 Å². The average Bonchev–Trinajstić information content (AvgIpc) is 3.70. The highest BCUT2D eigenvalue weighted by Gasteiger charge is 2.28. The number of carbonyl (C=O) groups excluding carboxylic acids is 2. The van der Waals surface area contributed by atoms with E-state index in [-0.39, 0.29) is 24.4 Å². The lowest BCUT2D eigenvalue weighted by atomic mass is 10.1. The third-order valence-corrected chi connectivity index (χ3v) is 7.11. The predicted molar refractivity (Wildman–Crippen MR) is 152 cm³/mol. The molecule has 1 fully saturated rings. The number of nitrogens with one attached hydrogen (secondary N) is 3. The fourth-order valence-electron chi connectivity index (χ4n) is 5.09. The van der Waals surface area contributed by atoms with Gasteiger partial charge in [-0.2, -0.15) is 5.10 Å². The fraction of sp³-hybridized carbons (Fsp3) is 0.241. The molecule has 2 amide bonds. The first-order chi connectivity index (χ1) is 19.4. The van der Waals surface area contributed by atoms with Gasteiger partial charge in [-0.15, -0.1) is 0 Å². The van der Waals surface area contributed by atoms with E-state index in [9.17, 15) is 9.59 Å². The summed E-state index contributed by atoms with van der Waals surface area (Å²) in [6.45, 7) is 2.89. The Morgan fingerprint density at radius 1 is 1.07 bits per heavy atom. The number of anilines is 2. The van der Waals surface area contributed by atoms with Crippen molar-refractivity contribution in [2.45, 2.75) is 25.8 Å². The first-order valence-corrected chi connectivity index (χ1v) is 13.1. The predicted octanol–water partition coefficient (Wildman–Crippen LogP) is 4.09. The molecular weight excluding hydrogens is 506 g/mol. The van der Waals surface area contributed by atoms with Crippen LogP contribution in [0.15, 0.2) is 67.4 Å². The van der Waals surface area contributed by atoms with Gasteiger partial charge in [0.1, 0.15) is 5.65 Å².